The summed E-state index contributed by atoms with van der Waals surface area (Å²) < 4.78 is 41.8. The van der Waals surface area contributed by atoms with Crippen molar-refractivity contribution in [1.82, 2.24) is 9.80 Å². The van der Waals surface area contributed by atoms with Gasteiger partial charge in [0, 0.05) is 43.4 Å². The number of carbonyl (C=O) groups is 2. The van der Waals surface area contributed by atoms with E-state index in [4.69, 9.17) is 15.2 Å². The number of nitrogens with zero attached hydrogens (tertiary/aromatic N) is 2. The molecule has 0 spiro atoms. The maximum Gasteiger partial charge on any atom is 0.261 e. The summed E-state index contributed by atoms with van der Waals surface area (Å²) in [4.78, 5) is 31.2. The van der Waals surface area contributed by atoms with Crippen LogP contribution in [0, 0.1) is 5.92 Å². The standard InChI is InChI=1S/C42H53N5O7S/c1-29-25-47(30(2)28-48)42(50)36-24-34(45-55(51,52)35-13-6-5-7-14-35)21-22-39(36)54-31(3)12-10-11-23-53-40(29)27-46(4)26-32-17-19-33(20-18-32)41(49)44-38-16-9-8-15-37(38)43/h5-9,13-22,24,29-31,40,45,48H,10-12,23,25-28,43H2,1-4H3,(H,44,49)/t29-,30+,31+,40-/m0/s1. The summed E-state index contributed by atoms with van der Waals surface area (Å²) >= 11 is 0. The lowest BCUT2D eigenvalue weighted by molar-refractivity contribution is -0.0177. The molecule has 1 aliphatic heterocycles. The first-order valence-electron chi connectivity index (χ1n) is 18.7. The number of hydrogen-bond acceptors (Lipinski definition) is 9. The number of likely N-dealkylation sites (N-methyl/N-ethyl adjacent to an activating group) is 1. The van der Waals surface area contributed by atoms with Gasteiger partial charge >= 0.3 is 0 Å². The highest BCUT2D eigenvalue weighted by Crippen LogP contribution is 2.30. The monoisotopic (exact) mass is 771 g/mol. The molecule has 13 heteroatoms. The highest BCUT2D eigenvalue weighted by molar-refractivity contribution is 7.92. The van der Waals surface area contributed by atoms with Gasteiger partial charge in [-0.05, 0) is 100 Å². The third-order valence-electron chi connectivity index (χ3n) is 9.73. The molecule has 2 amide bonds. The summed E-state index contributed by atoms with van der Waals surface area (Å²) in [6.45, 7) is 7.45. The van der Waals surface area contributed by atoms with Crippen molar-refractivity contribution in [2.45, 2.75) is 69.7 Å². The van der Waals surface area contributed by atoms with Crippen LogP contribution in [0.3, 0.4) is 0 Å². The number of anilines is 3. The Morgan fingerprint density at radius 3 is 2.42 bits per heavy atom. The molecule has 0 saturated carbocycles. The molecular formula is C42H53N5O7S. The molecule has 0 radical (unpaired) electrons. The largest absolute Gasteiger partial charge is 0.490 e. The van der Waals surface area contributed by atoms with Gasteiger partial charge in [0.2, 0.25) is 0 Å². The summed E-state index contributed by atoms with van der Waals surface area (Å²) in [7, 11) is -1.91. The van der Waals surface area contributed by atoms with Gasteiger partial charge in [-0.15, -0.1) is 0 Å². The Bertz CT molecular complexity index is 2000. The van der Waals surface area contributed by atoms with E-state index in [-0.39, 0.29) is 59.2 Å². The van der Waals surface area contributed by atoms with Crippen LogP contribution in [0.15, 0.2) is 102 Å². The average molecular weight is 772 g/mol. The summed E-state index contributed by atoms with van der Waals surface area (Å²) in [6.07, 6.45) is 1.92. The van der Waals surface area contributed by atoms with E-state index in [0.29, 0.717) is 42.4 Å². The molecule has 0 saturated heterocycles. The van der Waals surface area contributed by atoms with E-state index >= 15 is 0 Å². The molecule has 0 unspecified atom stereocenters. The second-order valence-corrected chi connectivity index (χ2v) is 16.0. The lowest BCUT2D eigenvalue weighted by Crippen LogP contribution is -2.47. The van der Waals surface area contributed by atoms with Crippen molar-refractivity contribution in [1.29, 1.82) is 0 Å². The number of nitrogens with one attached hydrogen (secondary N) is 2. The van der Waals surface area contributed by atoms with E-state index in [9.17, 15) is 23.1 Å². The molecule has 12 nitrogen and oxygen atoms in total. The number of nitrogens with two attached hydrogens (primary N) is 1. The molecule has 0 fully saturated rings. The van der Waals surface area contributed by atoms with Crippen LogP contribution in [-0.4, -0.2) is 86.7 Å². The number of rotatable bonds is 11. The first-order valence-corrected chi connectivity index (χ1v) is 20.2. The van der Waals surface area contributed by atoms with E-state index in [1.54, 1.807) is 66.4 Å². The zero-order chi connectivity index (χ0) is 39.5. The fourth-order valence-electron chi connectivity index (χ4n) is 6.51. The van der Waals surface area contributed by atoms with Crippen LogP contribution in [0.4, 0.5) is 17.1 Å². The summed E-state index contributed by atoms with van der Waals surface area (Å²) in [5.74, 6) is -0.438. The van der Waals surface area contributed by atoms with E-state index in [2.05, 4.69) is 14.9 Å². The molecule has 294 valence electrons. The zero-order valence-electron chi connectivity index (χ0n) is 32.0. The summed E-state index contributed by atoms with van der Waals surface area (Å²) in [6, 6.07) is 26.8. The molecule has 4 atom stereocenters. The van der Waals surface area contributed by atoms with Gasteiger partial charge in [0.15, 0.2) is 0 Å². The minimum atomic E-state index is -3.92. The van der Waals surface area contributed by atoms with Crippen molar-refractivity contribution in [3.05, 3.63) is 114 Å². The van der Waals surface area contributed by atoms with Gasteiger partial charge < -0.3 is 30.5 Å². The normalized spacial score (nSPS) is 19.1. The highest BCUT2D eigenvalue weighted by Gasteiger charge is 2.31. The number of aliphatic hydroxyl groups is 1. The second-order valence-electron chi connectivity index (χ2n) is 14.4. The van der Waals surface area contributed by atoms with Crippen LogP contribution >= 0.6 is 0 Å². The van der Waals surface area contributed by atoms with Crippen molar-refractivity contribution in [3.63, 3.8) is 0 Å². The Morgan fingerprint density at radius 2 is 1.71 bits per heavy atom. The van der Waals surface area contributed by atoms with Crippen LogP contribution in [0.2, 0.25) is 0 Å². The number of amides is 2. The van der Waals surface area contributed by atoms with Crippen LogP contribution in [0.5, 0.6) is 5.75 Å². The maximum atomic E-state index is 14.5. The number of para-hydroxylation sites is 2. The number of aliphatic hydroxyl groups excluding tert-OH is 1. The van der Waals surface area contributed by atoms with E-state index in [0.717, 1.165) is 24.8 Å². The van der Waals surface area contributed by atoms with Crippen molar-refractivity contribution in [2.24, 2.45) is 5.92 Å². The highest BCUT2D eigenvalue weighted by atomic mass is 32.2. The third-order valence-corrected chi connectivity index (χ3v) is 11.1. The molecule has 4 aromatic carbocycles. The number of hydrogen-bond donors (Lipinski definition) is 4. The molecule has 1 heterocycles. The molecule has 55 heavy (non-hydrogen) atoms. The molecule has 1 aliphatic rings. The number of fused-ring (bicyclic) bond motifs is 1. The molecule has 0 bridgehead atoms. The van der Waals surface area contributed by atoms with Crippen LogP contribution in [0.1, 0.15) is 66.3 Å². The minimum Gasteiger partial charge on any atom is -0.490 e. The predicted octanol–water partition coefficient (Wildman–Crippen LogP) is 6.25. The first-order chi connectivity index (χ1) is 26.3. The van der Waals surface area contributed by atoms with Crippen molar-refractivity contribution in [3.8, 4) is 5.75 Å². The smallest absolute Gasteiger partial charge is 0.261 e. The fourth-order valence-corrected chi connectivity index (χ4v) is 7.58. The Balaban J connectivity index is 1.33. The van der Waals surface area contributed by atoms with Gasteiger partial charge in [-0.1, -0.05) is 49.4 Å². The Kier molecular flexibility index (Phi) is 14.3. The van der Waals surface area contributed by atoms with Crippen molar-refractivity contribution in [2.75, 3.05) is 49.1 Å². The lowest BCUT2D eigenvalue weighted by Gasteiger charge is -2.36. The maximum absolute atomic E-state index is 14.5. The number of carbonyl (C=O) groups excluding carboxylic acids is 2. The van der Waals surface area contributed by atoms with Gasteiger partial charge in [-0.3, -0.25) is 19.2 Å². The fraction of sp³-hybridized carbons (Fsp3) is 0.381. The quantitative estimate of drug-likeness (QED) is 0.129. The zero-order valence-corrected chi connectivity index (χ0v) is 32.8. The molecule has 4 aromatic rings. The van der Waals surface area contributed by atoms with E-state index < -0.39 is 16.1 Å². The second kappa shape index (κ2) is 19.1. The average Bonchev–Trinajstić information content (AvgIpc) is 3.17. The minimum absolute atomic E-state index is 0.0980. The topological polar surface area (TPSA) is 164 Å². The van der Waals surface area contributed by atoms with Gasteiger partial charge in [0.25, 0.3) is 21.8 Å². The van der Waals surface area contributed by atoms with Gasteiger partial charge in [-0.25, -0.2) is 8.42 Å². The molecule has 0 aromatic heterocycles. The Hall–Kier alpha value is -4.95. The number of benzene rings is 4. The molecule has 5 N–H and O–H groups in total. The first kappa shape index (κ1) is 41.2. The van der Waals surface area contributed by atoms with Crippen LogP contribution < -0.4 is 20.5 Å². The van der Waals surface area contributed by atoms with Gasteiger partial charge in [0.1, 0.15) is 5.75 Å². The third kappa shape index (κ3) is 11.3. The van der Waals surface area contributed by atoms with Crippen molar-refractivity contribution < 1.29 is 32.6 Å². The van der Waals surface area contributed by atoms with E-state index in [1.165, 1.54) is 18.2 Å². The number of nitrogen functional groups attached to an aromatic ring is 1. The van der Waals surface area contributed by atoms with Crippen LogP contribution in [0.25, 0.3) is 0 Å². The Morgan fingerprint density at radius 1 is 1.00 bits per heavy atom. The number of ether oxygens (including phenoxy) is 2. The molecule has 5 rings (SSSR count). The lowest BCUT2D eigenvalue weighted by atomic mass is 10.0. The van der Waals surface area contributed by atoms with Crippen LogP contribution in [-0.2, 0) is 21.3 Å². The van der Waals surface area contributed by atoms with E-state index in [1.807, 2.05) is 45.2 Å². The predicted molar refractivity (Wildman–Crippen MR) is 216 cm³/mol. The van der Waals surface area contributed by atoms with Crippen molar-refractivity contribution >= 4 is 38.9 Å². The molecule has 0 aliphatic carbocycles. The van der Waals surface area contributed by atoms with Gasteiger partial charge in [-0.2, -0.15) is 0 Å². The molecular weight excluding hydrogens is 719 g/mol. The Labute approximate surface area is 324 Å². The summed E-state index contributed by atoms with van der Waals surface area (Å²) in [5.41, 5.74) is 8.99. The number of sulfonamides is 1. The van der Waals surface area contributed by atoms with Gasteiger partial charge in [0.05, 0.1) is 46.7 Å². The summed E-state index contributed by atoms with van der Waals surface area (Å²) in [5, 5.41) is 13.2. The SMILES string of the molecule is C[C@@H]1CCCCO[C@@H](CN(C)Cc2ccc(C(=O)Nc3ccccc3N)cc2)[C@@H](C)CN([C@H](C)CO)C(=O)c2cc(NS(=O)(=O)c3ccccc3)ccc2O1.